The standard InChI is InChI=1S/C15H22O4/c1-11(16)13-7-6-12(17-5)10-14(13)18-8-9-19-15(2,3)4/h6-7,10H,8-9H2,1-5H3. The van der Waals surface area contributed by atoms with Gasteiger partial charge < -0.3 is 14.2 Å². The van der Waals surface area contributed by atoms with E-state index in [0.717, 1.165) is 0 Å². The maximum absolute atomic E-state index is 11.5. The number of ether oxygens (including phenoxy) is 3. The summed E-state index contributed by atoms with van der Waals surface area (Å²) in [5.41, 5.74) is 0.359. The van der Waals surface area contributed by atoms with Crippen LogP contribution in [0.15, 0.2) is 18.2 Å². The van der Waals surface area contributed by atoms with Crippen LogP contribution in [-0.4, -0.2) is 31.7 Å². The van der Waals surface area contributed by atoms with Crippen LogP contribution in [0.5, 0.6) is 11.5 Å². The fraction of sp³-hybridized carbons (Fsp3) is 0.533. The van der Waals surface area contributed by atoms with Crippen LogP contribution in [-0.2, 0) is 4.74 Å². The first-order chi connectivity index (χ1) is 8.83. The van der Waals surface area contributed by atoms with E-state index >= 15 is 0 Å². The minimum absolute atomic E-state index is 0.0330. The van der Waals surface area contributed by atoms with Gasteiger partial charge in [0, 0.05) is 6.07 Å². The minimum Gasteiger partial charge on any atom is -0.497 e. The van der Waals surface area contributed by atoms with Crippen LogP contribution >= 0.6 is 0 Å². The first-order valence-electron chi connectivity index (χ1n) is 6.29. The SMILES string of the molecule is COc1ccc(C(C)=O)c(OCCOC(C)(C)C)c1. The normalized spacial score (nSPS) is 11.2. The van der Waals surface area contributed by atoms with Gasteiger partial charge in [0.05, 0.1) is 24.9 Å². The molecule has 0 bridgehead atoms. The van der Waals surface area contributed by atoms with Crippen molar-refractivity contribution in [2.45, 2.75) is 33.3 Å². The lowest BCUT2D eigenvalue weighted by Crippen LogP contribution is -2.22. The van der Waals surface area contributed by atoms with Crippen molar-refractivity contribution in [1.82, 2.24) is 0 Å². The van der Waals surface area contributed by atoms with Gasteiger partial charge in [-0.2, -0.15) is 0 Å². The highest BCUT2D eigenvalue weighted by atomic mass is 16.5. The summed E-state index contributed by atoms with van der Waals surface area (Å²) in [6.45, 7) is 8.34. The van der Waals surface area contributed by atoms with Gasteiger partial charge in [-0.3, -0.25) is 4.79 Å². The van der Waals surface area contributed by atoms with E-state index in [1.165, 1.54) is 6.92 Å². The van der Waals surface area contributed by atoms with Crippen LogP contribution in [0.1, 0.15) is 38.1 Å². The Labute approximate surface area is 114 Å². The average Bonchev–Trinajstić information content (AvgIpc) is 2.33. The van der Waals surface area contributed by atoms with Crippen LogP contribution in [0.2, 0.25) is 0 Å². The van der Waals surface area contributed by atoms with E-state index in [-0.39, 0.29) is 11.4 Å². The molecule has 0 aliphatic rings. The molecule has 19 heavy (non-hydrogen) atoms. The summed E-state index contributed by atoms with van der Waals surface area (Å²) in [5, 5.41) is 0. The number of benzene rings is 1. The Kier molecular flexibility index (Phi) is 5.36. The van der Waals surface area contributed by atoms with Crippen molar-refractivity contribution < 1.29 is 19.0 Å². The fourth-order valence-corrected chi connectivity index (χ4v) is 1.54. The van der Waals surface area contributed by atoms with Gasteiger partial charge >= 0.3 is 0 Å². The Bertz CT molecular complexity index is 432. The van der Waals surface area contributed by atoms with Gasteiger partial charge in [0.25, 0.3) is 0 Å². The summed E-state index contributed by atoms with van der Waals surface area (Å²) < 4.78 is 16.3. The van der Waals surface area contributed by atoms with Gasteiger partial charge in [0.2, 0.25) is 0 Å². The molecule has 1 aromatic carbocycles. The third-order valence-electron chi connectivity index (χ3n) is 2.44. The van der Waals surface area contributed by atoms with Crippen molar-refractivity contribution in [2.75, 3.05) is 20.3 Å². The van der Waals surface area contributed by atoms with E-state index < -0.39 is 0 Å². The summed E-state index contributed by atoms with van der Waals surface area (Å²) in [7, 11) is 1.58. The van der Waals surface area contributed by atoms with E-state index in [2.05, 4.69) is 0 Å². The maximum atomic E-state index is 11.5. The second-order valence-corrected chi connectivity index (χ2v) is 5.23. The molecule has 0 atom stereocenters. The van der Waals surface area contributed by atoms with Crippen molar-refractivity contribution in [3.63, 3.8) is 0 Å². The Balaban J connectivity index is 2.67. The van der Waals surface area contributed by atoms with Crippen molar-refractivity contribution >= 4 is 5.78 Å². The molecule has 0 fully saturated rings. The number of hydrogen-bond acceptors (Lipinski definition) is 4. The summed E-state index contributed by atoms with van der Waals surface area (Å²) in [6.07, 6.45) is 0. The molecule has 0 aliphatic carbocycles. The molecule has 0 N–H and O–H groups in total. The Morgan fingerprint density at radius 2 is 1.89 bits per heavy atom. The third kappa shape index (κ3) is 5.30. The highest BCUT2D eigenvalue weighted by Gasteiger charge is 2.12. The molecule has 0 heterocycles. The second-order valence-electron chi connectivity index (χ2n) is 5.23. The quantitative estimate of drug-likeness (QED) is 0.586. The molecule has 4 heteroatoms. The molecule has 1 aromatic rings. The van der Waals surface area contributed by atoms with E-state index in [4.69, 9.17) is 14.2 Å². The van der Waals surface area contributed by atoms with E-state index in [0.29, 0.717) is 30.3 Å². The molecule has 106 valence electrons. The second kappa shape index (κ2) is 6.57. The number of rotatable bonds is 6. The van der Waals surface area contributed by atoms with Crippen LogP contribution in [0.4, 0.5) is 0 Å². The van der Waals surface area contributed by atoms with Crippen molar-refractivity contribution in [3.05, 3.63) is 23.8 Å². The van der Waals surface area contributed by atoms with Gasteiger partial charge in [-0.25, -0.2) is 0 Å². The van der Waals surface area contributed by atoms with E-state index in [9.17, 15) is 4.79 Å². The molecule has 1 rings (SSSR count). The summed E-state index contributed by atoms with van der Waals surface area (Å²) in [4.78, 5) is 11.5. The zero-order chi connectivity index (χ0) is 14.5. The molecule has 0 saturated carbocycles. The molecule has 0 radical (unpaired) electrons. The molecular weight excluding hydrogens is 244 g/mol. The molecule has 0 amide bonds. The molecule has 0 unspecified atom stereocenters. The third-order valence-corrected chi connectivity index (χ3v) is 2.44. The monoisotopic (exact) mass is 266 g/mol. The summed E-state index contributed by atoms with van der Waals surface area (Å²) in [5.74, 6) is 1.16. The number of methoxy groups -OCH3 is 1. The van der Waals surface area contributed by atoms with E-state index in [1.807, 2.05) is 20.8 Å². The predicted molar refractivity (Wildman–Crippen MR) is 74.2 cm³/mol. The van der Waals surface area contributed by atoms with Crippen LogP contribution < -0.4 is 9.47 Å². The van der Waals surface area contributed by atoms with Crippen molar-refractivity contribution in [1.29, 1.82) is 0 Å². The number of Topliss-reactive ketones (excluding diaryl/α,β-unsaturated/α-hetero) is 1. The topological polar surface area (TPSA) is 44.8 Å². The van der Waals surface area contributed by atoms with Crippen LogP contribution in [0, 0.1) is 0 Å². The lowest BCUT2D eigenvalue weighted by molar-refractivity contribution is -0.0164. The van der Waals surface area contributed by atoms with Crippen molar-refractivity contribution in [3.8, 4) is 11.5 Å². The van der Waals surface area contributed by atoms with E-state index in [1.54, 1.807) is 25.3 Å². The number of carbonyl (C=O) groups is 1. The van der Waals surface area contributed by atoms with Crippen LogP contribution in [0.3, 0.4) is 0 Å². The van der Waals surface area contributed by atoms with Crippen molar-refractivity contribution in [2.24, 2.45) is 0 Å². The smallest absolute Gasteiger partial charge is 0.163 e. The van der Waals surface area contributed by atoms with Gasteiger partial charge in [-0.1, -0.05) is 0 Å². The Morgan fingerprint density at radius 3 is 2.42 bits per heavy atom. The molecule has 0 aromatic heterocycles. The maximum Gasteiger partial charge on any atom is 0.163 e. The summed E-state index contributed by atoms with van der Waals surface area (Å²) in [6, 6.07) is 5.17. The number of carbonyl (C=O) groups excluding carboxylic acids is 1. The highest BCUT2D eigenvalue weighted by Crippen LogP contribution is 2.25. The van der Waals surface area contributed by atoms with Gasteiger partial charge in [-0.05, 0) is 39.8 Å². The number of ketones is 1. The number of hydrogen-bond donors (Lipinski definition) is 0. The largest absolute Gasteiger partial charge is 0.497 e. The zero-order valence-electron chi connectivity index (χ0n) is 12.3. The molecule has 0 saturated heterocycles. The Hall–Kier alpha value is -1.55. The average molecular weight is 266 g/mol. The molecule has 0 aliphatic heterocycles. The molecule has 4 nitrogen and oxygen atoms in total. The van der Waals surface area contributed by atoms with Gasteiger partial charge in [0.1, 0.15) is 18.1 Å². The lowest BCUT2D eigenvalue weighted by Gasteiger charge is -2.20. The first kappa shape index (κ1) is 15.5. The fourth-order valence-electron chi connectivity index (χ4n) is 1.54. The minimum atomic E-state index is -0.193. The van der Waals surface area contributed by atoms with Gasteiger partial charge in [0.15, 0.2) is 5.78 Å². The molecular formula is C15H22O4. The first-order valence-corrected chi connectivity index (χ1v) is 6.29. The summed E-state index contributed by atoms with van der Waals surface area (Å²) >= 11 is 0. The zero-order valence-corrected chi connectivity index (χ0v) is 12.3. The highest BCUT2D eigenvalue weighted by molar-refractivity contribution is 5.97. The Morgan fingerprint density at radius 1 is 1.21 bits per heavy atom. The predicted octanol–water partition coefficient (Wildman–Crippen LogP) is 3.09. The lowest BCUT2D eigenvalue weighted by atomic mass is 10.1. The van der Waals surface area contributed by atoms with Crippen LogP contribution in [0.25, 0.3) is 0 Å². The van der Waals surface area contributed by atoms with Gasteiger partial charge in [-0.15, -0.1) is 0 Å². The molecule has 0 spiro atoms.